The normalized spacial score (nSPS) is 26.4. The van der Waals surface area contributed by atoms with Crippen molar-refractivity contribution in [1.82, 2.24) is 24.8 Å². The van der Waals surface area contributed by atoms with Gasteiger partial charge in [0.1, 0.15) is 6.33 Å². The first-order valence-electron chi connectivity index (χ1n) is 8.03. The van der Waals surface area contributed by atoms with Crippen LogP contribution in [0.5, 0.6) is 0 Å². The summed E-state index contributed by atoms with van der Waals surface area (Å²) in [5.41, 5.74) is 0.907. The highest BCUT2D eigenvalue weighted by atomic mass is 16.5. The Morgan fingerprint density at radius 1 is 1.42 bits per heavy atom. The van der Waals surface area contributed by atoms with Crippen LogP contribution < -0.4 is 5.32 Å². The molecular weight excluding hydrogens is 310 g/mol. The molecule has 2 aliphatic heterocycles. The van der Waals surface area contributed by atoms with E-state index in [1.54, 1.807) is 34.0 Å². The first-order chi connectivity index (χ1) is 11.6. The van der Waals surface area contributed by atoms with Crippen LogP contribution in [-0.2, 0) is 9.53 Å². The van der Waals surface area contributed by atoms with E-state index in [2.05, 4.69) is 15.5 Å². The largest absolute Gasteiger partial charge is 0.381 e. The second-order valence-electron chi connectivity index (χ2n) is 6.56. The SMILES string of the molecule is CC(=O)N[C@@]12CCOC[C@@H]1CN(C(=O)c1ccc3nncn3c1)C2. The lowest BCUT2D eigenvalue weighted by atomic mass is 9.83. The third-order valence-electron chi connectivity index (χ3n) is 4.96. The maximum absolute atomic E-state index is 12.9. The predicted molar refractivity (Wildman–Crippen MR) is 84.4 cm³/mol. The van der Waals surface area contributed by atoms with Crippen LogP contribution >= 0.6 is 0 Å². The van der Waals surface area contributed by atoms with Gasteiger partial charge in [-0.2, -0.15) is 0 Å². The topological polar surface area (TPSA) is 88.8 Å². The monoisotopic (exact) mass is 329 g/mol. The van der Waals surface area contributed by atoms with Gasteiger partial charge in [0.05, 0.1) is 17.7 Å². The van der Waals surface area contributed by atoms with E-state index in [1.807, 2.05) is 0 Å². The molecular formula is C16H19N5O3. The van der Waals surface area contributed by atoms with Gasteiger partial charge in [0.25, 0.3) is 5.91 Å². The Morgan fingerprint density at radius 3 is 3.12 bits per heavy atom. The fourth-order valence-corrected chi connectivity index (χ4v) is 3.80. The van der Waals surface area contributed by atoms with Gasteiger partial charge in [-0.1, -0.05) is 0 Å². The van der Waals surface area contributed by atoms with Gasteiger partial charge in [0, 0.05) is 38.7 Å². The molecule has 8 nitrogen and oxygen atoms in total. The van der Waals surface area contributed by atoms with Gasteiger partial charge in [-0.05, 0) is 18.6 Å². The van der Waals surface area contributed by atoms with Crippen LogP contribution in [0.3, 0.4) is 0 Å². The summed E-state index contributed by atoms with van der Waals surface area (Å²) in [5.74, 6) is 0.00424. The number of amides is 2. The van der Waals surface area contributed by atoms with Gasteiger partial charge in [-0.15, -0.1) is 10.2 Å². The van der Waals surface area contributed by atoms with Gasteiger partial charge in [-0.25, -0.2) is 0 Å². The van der Waals surface area contributed by atoms with Crippen molar-refractivity contribution in [3.63, 3.8) is 0 Å². The number of rotatable bonds is 2. The van der Waals surface area contributed by atoms with Crippen molar-refractivity contribution in [2.45, 2.75) is 18.9 Å². The van der Waals surface area contributed by atoms with Gasteiger partial charge < -0.3 is 15.0 Å². The number of nitrogens with one attached hydrogen (secondary N) is 1. The Morgan fingerprint density at radius 2 is 2.29 bits per heavy atom. The lowest BCUT2D eigenvalue weighted by Gasteiger charge is -2.38. The quantitative estimate of drug-likeness (QED) is 0.844. The summed E-state index contributed by atoms with van der Waals surface area (Å²) < 4.78 is 7.29. The minimum absolute atomic E-state index is 0.0512. The first kappa shape index (κ1) is 15.1. The summed E-state index contributed by atoms with van der Waals surface area (Å²) in [5, 5.41) is 10.9. The zero-order valence-electron chi connectivity index (χ0n) is 13.4. The molecule has 4 heterocycles. The molecule has 24 heavy (non-hydrogen) atoms. The number of ether oxygens (including phenoxy) is 1. The van der Waals surface area contributed by atoms with E-state index in [4.69, 9.17) is 4.74 Å². The summed E-state index contributed by atoms with van der Waals surface area (Å²) in [6.07, 6.45) is 4.04. The van der Waals surface area contributed by atoms with E-state index < -0.39 is 0 Å². The van der Waals surface area contributed by atoms with Crippen molar-refractivity contribution in [3.05, 3.63) is 30.2 Å². The van der Waals surface area contributed by atoms with E-state index in [0.29, 0.717) is 37.5 Å². The zero-order valence-corrected chi connectivity index (χ0v) is 13.4. The van der Waals surface area contributed by atoms with E-state index >= 15 is 0 Å². The molecule has 2 saturated heterocycles. The van der Waals surface area contributed by atoms with Crippen molar-refractivity contribution < 1.29 is 14.3 Å². The summed E-state index contributed by atoms with van der Waals surface area (Å²) >= 11 is 0. The van der Waals surface area contributed by atoms with Crippen LogP contribution in [0.25, 0.3) is 5.65 Å². The van der Waals surface area contributed by atoms with Crippen LogP contribution in [0.15, 0.2) is 24.7 Å². The molecule has 0 radical (unpaired) electrons. The molecule has 2 amide bonds. The van der Waals surface area contributed by atoms with Gasteiger partial charge in [-0.3, -0.25) is 14.0 Å². The maximum Gasteiger partial charge on any atom is 0.255 e. The van der Waals surface area contributed by atoms with Crippen molar-refractivity contribution >= 4 is 17.5 Å². The molecule has 2 atom stereocenters. The number of pyridine rings is 1. The second kappa shape index (κ2) is 5.55. The van der Waals surface area contributed by atoms with Crippen molar-refractivity contribution in [2.24, 2.45) is 5.92 Å². The Bertz CT molecular complexity index is 804. The van der Waals surface area contributed by atoms with E-state index in [9.17, 15) is 9.59 Å². The molecule has 2 fully saturated rings. The average Bonchev–Trinajstić information content (AvgIpc) is 3.16. The number of fused-ring (bicyclic) bond motifs is 2. The molecule has 2 aromatic rings. The minimum Gasteiger partial charge on any atom is -0.381 e. The number of hydrogen-bond donors (Lipinski definition) is 1. The lowest BCUT2D eigenvalue weighted by Crippen LogP contribution is -2.57. The maximum atomic E-state index is 12.9. The van der Waals surface area contributed by atoms with Crippen molar-refractivity contribution in [2.75, 3.05) is 26.3 Å². The Labute approximate surface area is 138 Å². The standard InChI is InChI=1S/C16H19N5O3/c1-11(22)18-16-4-5-24-8-13(16)7-20(9-16)15(23)12-2-3-14-19-17-10-21(14)6-12/h2-3,6,10,13H,4-5,7-9H2,1H3,(H,18,22)/t13-,16+/m0/s1. The second-order valence-corrected chi connectivity index (χ2v) is 6.56. The summed E-state index contributed by atoms with van der Waals surface area (Å²) in [6.45, 7) is 3.78. The fraction of sp³-hybridized carbons (Fsp3) is 0.500. The highest BCUT2D eigenvalue weighted by Crippen LogP contribution is 2.35. The van der Waals surface area contributed by atoms with Gasteiger partial charge in [0.15, 0.2) is 5.65 Å². The zero-order chi connectivity index (χ0) is 16.7. The number of nitrogens with zero attached hydrogens (tertiary/aromatic N) is 4. The van der Waals surface area contributed by atoms with Gasteiger partial charge in [0.2, 0.25) is 5.91 Å². The third kappa shape index (κ3) is 2.43. The van der Waals surface area contributed by atoms with Crippen LogP contribution in [0.4, 0.5) is 0 Å². The van der Waals surface area contributed by atoms with Crippen molar-refractivity contribution in [1.29, 1.82) is 0 Å². The van der Waals surface area contributed by atoms with Crippen LogP contribution in [-0.4, -0.2) is 63.2 Å². The summed E-state index contributed by atoms with van der Waals surface area (Å²) in [6, 6.07) is 3.53. The predicted octanol–water partition coefficient (Wildman–Crippen LogP) is 0.0965. The molecule has 0 aromatic carbocycles. The van der Waals surface area contributed by atoms with E-state index in [-0.39, 0.29) is 23.3 Å². The number of likely N-dealkylation sites (tertiary alicyclic amines) is 1. The third-order valence-corrected chi connectivity index (χ3v) is 4.96. The number of hydrogen-bond acceptors (Lipinski definition) is 5. The fourth-order valence-electron chi connectivity index (χ4n) is 3.80. The molecule has 2 aliphatic rings. The van der Waals surface area contributed by atoms with Crippen LogP contribution in [0, 0.1) is 5.92 Å². The molecule has 126 valence electrons. The number of carbonyl (C=O) groups excluding carboxylic acids is 2. The Hall–Kier alpha value is -2.48. The lowest BCUT2D eigenvalue weighted by molar-refractivity contribution is -0.122. The number of aromatic nitrogens is 3. The molecule has 0 aliphatic carbocycles. The highest BCUT2D eigenvalue weighted by Gasteiger charge is 2.50. The Balaban J connectivity index is 1.60. The Kier molecular flexibility index (Phi) is 3.49. The smallest absolute Gasteiger partial charge is 0.255 e. The van der Waals surface area contributed by atoms with Crippen molar-refractivity contribution in [3.8, 4) is 0 Å². The minimum atomic E-state index is -0.375. The highest BCUT2D eigenvalue weighted by molar-refractivity contribution is 5.94. The van der Waals surface area contributed by atoms with Crippen LogP contribution in [0.2, 0.25) is 0 Å². The molecule has 0 bridgehead atoms. The molecule has 0 unspecified atom stereocenters. The van der Waals surface area contributed by atoms with Crippen LogP contribution in [0.1, 0.15) is 23.7 Å². The molecule has 2 aromatic heterocycles. The molecule has 1 N–H and O–H groups in total. The molecule has 4 rings (SSSR count). The first-order valence-corrected chi connectivity index (χ1v) is 8.03. The average molecular weight is 329 g/mol. The molecule has 0 spiro atoms. The summed E-state index contributed by atoms with van der Waals surface area (Å²) in [4.78, 5) is 26.3. The molecule has 0 saturated carbocycles. The number of carbonyl (C=O) groups is 2. The summed E-state index contributed by atoms with van der Waals surface area (Å²) in [7, 11) is 0. The molecule has 8 heteroatoms. The van der Waals surface area contributed by atoms with Gasteiger partial charge >= 0.3 is 0 Å². The van der Waals surface area contributed by atoms with E-state index in [0.717, 1.165) is 6.42 Å². The van der Waals surface area contributed by atoms with E-state index in [1.165, 1.54) is 6.92 Å².